The van der Waals surface area contributed by atoms with E-state index in [2.05, 4.69) is 4.98 Å². The van der Waals surface area contributed by atoms with Crippen molar-refractivity contribution in [2.45, 2.75) is 13.3 Å². The normalized spacial score (nSPS) is 13.7. The van der Waals surface area contributed by atoms with Gasteiger partial charge in [-0.1, -0.05) is 23.2 Å². The van der Waals surface area contributed by atoms with Crippen LogP contribution in [0, 0.1) is 0 Å². The standard InChI is InChI=1S/C26H28Cl2N4O6/c1-5-38-26(34)22-24(30-19-14-17(28)16(27)13-18(19)29-22)31-7-6-8-32(10-9-31)25(33)15-11-20(35-2)23(37-4)21(12-15)36-3/h11-14H,5-10H2,1-4H3. The van der Waals surface area contributed by atoms with Crippen LogP contribution in [0.3, 0.4) is 0 Å². The smallest absolute Gasteiger partial charge is 0.360 e. The Kier molecular flexibility index (Phi) is 8.63. The molecule has 2 heterocycles. The van der Waals surface area contributed by atoms with Crippen molar-refractivity contribution in [1.82, 2.24) is 14.9 Å². The summed E-state index contributed by atoms with van der Waals surface area (Å²) < 4.78 is 21.4. The SMILES string of the molecule is CCOC(=O)c1nc2cc(Cl)c(Cl)cc2nc1N1CCCN(C(=O)c2cc(OC)c(OC)c(OC)c2)CC1. The summed E-state index contributed by atoms with van der Waals surface area (Å²) in [5.74, 6) is 0.819. The second-order valence-electron chi connectivity index (χ2n) is 8.42. The number of methoxy groups -OCH3 is 3. The number of anilines is 1. The molecule has 0 atom stereocenters. The number of hydrogen-bond acceptors (Lipinski definition) is 9. The molecule has 1 aromatic heterocycles. The van der Waals surface area contributed by atoms with Crippen LogP contribution in [0.1, 0.15) is 34.2 Å². The fourth-order valence-corrected chi connectivity index (χ4v) is 4.63. The molecule has 0 unspecified atom stereocenters. The van der Waals surface area contributed by atoms with Crippen LogP contribution in [0.15, 0.2) is 24.3 Å². The summed E-state index contributed by atoms with van der Waals surface area (Å²) in [6.07, 6.45) is 0.638. The molecule has 2 aromatic carbocycles. The molecular weight excluding hydrogens is 535 g/mol. The van der Waals surface area contributed by atoms with E-state index in [-0.39, 0.29) is 18.2 Å². The second kappa shape index (κ2) is 11.9. The number of carbonyl (C=O) groups is 2. The van der Waals surface area contributed by atoms with Gasteiger partial charge in [-0.2, -0.15) is 0 Å². The Morgan fingerprint density at radius 3 is 2.08 bits per heavy atom. The van der Waals surface area contributed by atoms with E-state index in [4.69, 9.17) is 47.1 Å². The summed E-state index contributed by atoms with van der Waals surface area (Å²) in [7, 11) is 4.51. The number of fused-ring (bicyclic) bond motifs is 1. The third-order valence-electron chi connectivity index (χ3n) is 6.15. The molecule has 0 radical (unpaired) electrons. The van der Waals surface area contributed by atoms with Crippen molar-refractivity contribution < 1.29 is 28.5 Å². The van der Waals surface area contributed by atoms with Crippen molar-refractivity contribution in [3.05, 3.63) is 45.6 Å². The van der Waals surface area contributed by atoms with Crippen molar-refractivity contribution >= 4 is 51.9 Å². The minimum atomic E-state index is -0.586. The van der Waals surface area contributed by atoms with E-state index < -0.39 is 5.97 Å². The zero-order valence-electron chi connectivity index (χ0n) is 21.5. The Bertz CT molecular complexity index is 1340. The Hall–Kier alpha value is -3.50. The molecule has 3 aromatic rings. The van der Waals surface area contributed by atoms with Crippen molar-refractivity contribution in [3.63, 3.8) is 0 Å². The molecule has 1 aliphatic rings. The first-order valence-electron chi connectivity index (χ1n) is 12.0. The van der Waals surface area contributed by atoms with Crippen LogP contribution in [0.5, 0.6) is 17.2 Å². The Labute approximate surface area is 230 Å². The third kappa shape index (κ3) is 5.51. The highest BCUT2D eigenvalue weighted by molar-refractivity contribution is 6.42. The van der Waals surface area contributed by atoms with Gasteiger partial charge in [0.2, 0.25) is 5.75 Å². The van der Waals surface area contributed by atoms with Gasteiger partial charge in [0.1, 0.15) is 0 Å². The maximum Gasteiger partial charge on any atom is 0.360 e. The summed E-state index contributed by atoms with van der Waals surface area (Å²) in [5.41, 5.74) is 1.43. The highest BCUT2D eigenvalue weighted by Crippen LogP contribution is 2.38. The molecule has 0 spiro atoms. The predicted molar refractivity (Wildman–Crippen MR) is 144 cm³/mol. The van der Waals surface area contributed by atoms with E-state index in [1.54, 1.807) is 36.1 Å². The number of esters is 1. The summed E-state index contributed by atoms with van der Waals surface area (Å²) in [6, 6.07) is 6.45. The van der Waals surface area contributed by atoms with Gasteiger partial charge >= 0.3 is 5.97 Å². The molecule has 0 saturated carbocycles. The van der Waals surface area contributed by atoms with Gasteiger partial charge in [0, 0.05) is 31.7 Å². The number of carbonyl (C=O) groups excluding carboxylic acids is 2. The van der Waals surface area contributed by atoms with E-state index in [1.165, 1.54) is 21.3 Å². The molecule has 0 aliphatic carbocycles. The lowest BCUT2D eigenvalue weighted by atomic mass is 10.1. The van der Waals surface area contributed by atoms with Crippen LogP contribution in [0.2, 0.25) is 10.0 Å². The largest absolute Gasteiger partial charge is 0.493 e. The maximum atomic E-state index is 13.5. The molecule has 0 bridgehead atoms. The van der Waals surface area contributed by atoms with Gasteiger partial charge < -0.3 is 28.7 Å². The molecule has 1 amide bonds. The van der Waals surface area contributed by atoms with Crippen molar-refractivity contribution in [2.75, 3.05) is 59.0 Å². The minimum Gasteiger partial charge on any atom is -0.493 e. The molecule has 38 heavy (non-hydrogen) atoms. The molecular formula is C26H28Cl2N4O6. The topological polar surface area (TPSA) is 103 Å². The van der Waals surface area contributed by atoms with Crippen LogP contribution in [-0.2, 0) is 4.74 Å². The summed E-state index contributed by atoms with van der Waals surface area (Å²) in [6.45, 7) is 3.77. The van der Waals surface area contributed by atoms with E-state index in [9.17, 15) is 9.59 Å². The fourth-order valence-electron chi connectivity index (χ4n) is 4.32. The molecule has 1 fully saturated rings. The van der Waals surface area contributed by atoms with Crippen LogP contribution in [0.4, 0.5) is 5.82 Å². The molecule has 1 aliphatic heterocycles. The van der Waals surface area contributed by atoms with E-state index >= 15 is 0 Å². The average molecular weight is 563 g/mol. The predicted octanol–water partition coefficient (Wildman–Crippen LogP) is 4.49. The van der Waals surface area contributed by atoms with Gasteiger partial charge in [0.15, 0.2) is 23.0 Å². The monoisotopic (exact) mass is 562 g/mol. The van der Waals surface area contributed by atoms with Crippen molar-refractivity contribution in [3.8, 4) is 17.2 Å². The first-order chi connectivity index (χ1) is 18.3. The molecule has 0 N–H and O–H groups in total. The summed E-state index contributed by atoms with van der Waals surface area (Å²) in [4.78, 5) is 39.2. The number of hydrogen-bond donors (Lipinski definition) is 0. The molecule has 10 nitrogen and oxygen atoms in total. The zero-order valence-corrected chi connectivity index (χ0v) is 23.1. The second-order valence-corrected chi connectivity index (χ2v) is 9.23. The number of nitrogens with zero attached hydrogens (tertiary/aromatic N) is 4. The average Bonchev–Trinajstić information content (AvgIpc) is 3.18. The molecule has 1 saturated heterocycles. The lowest BCUT2D eigenvalue weighted by molar-refractivity contribution is 0.0520. The Balaban J connectivity index is 1.63. The summed E-state index contributed by atoms with van der Waals surface area (Å²) in [5, 5.41) is 0.646. The quantitative estimate of drug-likeness (QED) is 0.385. The number of ether oxygens (including phenoxy) is 4. The Morgan fingerprint density at radius 1 is 0.868 bits per heavy atom. The van der Waals surface area contributed by atoms with Gasteiger partial charge in [-0.3, -0.25) is 4.79 Å². The fraction of sp³-hybridized carbons (Fsp3) is 0.385. The highest BCUT2D eigenvalue weighted by atomic mass is 35.5. The van der Waals surface area contributed by atoms with Gasteiger partial charge in [-0.25, -0.2) is 14.8 Å². The Morgan fingerprint density at radius 2 is 1.50 bits per heavy atom. The zero-order chi connectivity index (χ0) is 27.4. The molecule has 202 valence electrons. The number of benzene rings is 2. The van der Waals surface area contributed by atoms with Crippen molar-refractivity contribution in [2.24, 2.45) is 0 Å². The van der Waals surface area contributed by atoms with Crippen LogP contribution >= 0.6 is 23.2 Å². The van der Waals surface area contributed by atoms with Crippen LogP contribution in [-0.4, -0.2) is 80.9 Å². The molecule has 12 heteroatoms. The van der Waals surface area contributed by atoms with E-state index in [0.29, 0.717) is 82.3 Å². The number of halogens is 2. The van der Waals surface area contributed by atoms with E-state index in [0.717, 1.165) is 0 Å². The van der Waals surface area contributed by atoms with E-state index in [1.807, 2.05) is 4.90 Å². The van der Waals surface area contributed by atoms with Crippen molar-refractivity contribution in [1.29, 1.82) is 0 Å². The number of aromatic nitrogens is 2. The first kappa shape index (κ1) is 27.5. The number of rotatable bonds is 7. The van der Waals surface area contributed by atoms with Crippen LogP contribution < -0.4 is 19.1 Å². The first-order valence-corrected chi connectivity index (χ1v) is 12.7. The number of amides is 1. The lowest BCUT2D eigenvalue weighted by Crippen LogP contribution is -2.36. The third-order valence-corrected chi connectivity index (χ3v) is 6.87. The van der Waals surface area contributed by atoms with Gasteiger partial charge in [0.05, 0.1) is 49.0 Å². The molecule has 4 rings (SSSR count). The minimum absolute atomic E-state index is 0.0853. The van der Waals surface area contributed by atoms with Crippen LogP contribution in [0.25, 0.3) is 11.0 Å². The van der Waals surface area contributed by atoms with Gasteiger partial charge in [-0.15, -0.1) is 0 Å². The maximum absolute atomic E-state index is 13.5. The highest BCUT2D eigenvalue weighted by Gasteiger charge is 2.27. The van der Waals surface area contributed by atoms with Gasteiger partial charge in [-0.05, 0) is 37.6 Å². The summed E-state index contributed by atoms with van der Waals surface area (Å²) >= 11 is 12.4. The van der Waals surface area contributed by atoms with Gasteiger partial charge in [0.25, 0.3) is 5.91 Å². The lowest BCUT2D eigenvalue weighted by Gasteiger charge is -2.24.